The van der Waals surface area contributed by atoms with Gasteiger partial charge in [0.2, 0.25) is 5.91 Å². The molecule has 1 saturated heterocycles. The number of likely N-dealkylation sites (tertiary alicyclic amines) is 1. The van der Waals surface area contributed by atoms with Gasteiger partial charge in [-0.2, -0.15) is 0 Å². The Bertz CT molecular complexity index is 1130. The molecule has 0 radical (unpaired) electrons. The van der Waals surface area contributed by atoms with Crippen molar-refractivity contribution in [3.63, 3.8) is 0 Å². The number of hydrogen-bond acceptors (Lipinski definition) is 5. The van der Waals surface area contributed by atoms with E-state index < -0.39 is 17.6 Å². The van der Waals surface area contributed by atoms with E-state index in [1.807, 2.05) is 63.2 Å². The van der Waals surface area contributed by atoms with Crippen molar-refractivity contribution in [3.8, 4) is 11.5 Å². The van der Waals surface area contributed by atoms with Crippen LogP contribution in [0.25, 0.3) is 0 Å². The van der Waals surface area contributed by atoms with Gasteiger partial charge in [0.15, 0.2) is 5.75 Å². The van der Waals surface area contributed by atoms with Crippen molar-refractivity contribution in [2.24, 2.45) is 5.92 Å². The SMILES string of the molecule is CC(C)(C)OC(=O)N1C[C@@H](C(=O)Nc2ccccc2Oc2cccnc2)[C@H](c2ccccc2)C1. The topological polar surface area (TPSA) is 80.8 Å². The summed E-state index contributed by atoms with van der Waals surface area (Å²) in [6.45, 7) is 6.17. The summed E-state index contributed by atoms with van der Waals surface area (Å²) < 4.78 is 11.5. The molecule has 1 N–H and O–H groups in total. The summed E-state index contributed by atoms with van der Waals surface area (Å²) in [5, 5.41) is 3.02. The number of amides is 2. The Hall–Kier alpha value is -3.87. The Morgan fingerprint density at radius 1 is 0.971 bits per heavy atom. The lowest BCUT2D eigenvalue weighted by Gasteiger charge is -2.24. The van der Waals surface area contributed by atoms with Crippen molar-refractivity contribution >= 4 is 17.7 Å². The van der Waals surface area contributed by atoms with Crippen LogP contribution in [0.5, 0.6) is 11.5 Å². The highest BCUT2D eigenvalue weighted by atomic mass is 16.6. The van der Waals surface area contributed by atoms with Crippen LogP contribution in [0.15, 0.2) is 79.1 Å². The minimum atomic E-state index is -0.609. The lowest BCUT2D eigenvalue weighted by Crippen LogP contribution is -2.36. The molecule has 34 heavy (non-hydrogen) atoms. The number of ether oxygens (including phenoxy) is 2. The number of para-hydroxylation sites is 2. The second-order valence-electron chi connectivity index (χ2n) is 9.29. The zero-order valence-corrected chi connectivity index (χ0v) is 19.6. The second-order valence-corrected chi connectivity index (χ2v) is 9.29. The molecule has 1 aliphatic heterocycles. The van der Waals surface area contributed by atoms with Crippen molar-refractivity contribution in [2.75, 3.05) is 18.4 Å². The minimum absolute atomic E-state index is 0.153. The molecule has 4 rings (SSSR count). The van der Waals surface area contributed by atoms with Crippen molar-refractivity contribution < 1.29 is 19.1 Å². The molecule has 1 aliphatic rings. The monoisotopic (exact) mass is 459 g/mol. The van der Waals surface area contributed by atoms with Crippen LogP contribution in [0, 0.1) is 5.92 Å². The first-order chi connectivity index (χ1) is 16.3. The number of benzene rings is 2. The van der Waals surface area contributed by atoms with Crippen LogP contribution in [0.3, 0.4) is 0 Å². The van der Waals surface area contributed by atoms with E-state index in [1.54, 1.807) is 41.6 Å². The van der Waals surface area contributed by atoms with Crippen LogP contribution in [0.2, 0.25) is 0 Å². The summed E-state index contributed by atoms with van der Waals surface area (Å²) in [4.78, 5) is 31.9. The third-order valence-corrected chi connectivity index (χ3v) is 5.54. The van der Waals surface area contributed by atoms with E-state index >= 15 is 0 Å². The van der Waals surface area contributed by atoms with E-state index in [2.05, 4.69) is 10.3 Å². The van der Waals surface area contributed by atoms with Crippen LogP contribution in [0.4, 0.5) is 10.5 Å². The second kappa shape index (κ2) is 9.95. The summed E-state index contributed by atoms with van der Waals surface area (Å²) in [5.74, 6) is 0.314. The van der Waals surface area contributed by atoms with Crippen LogP contribution in [-0.2, 0) is 9.53 Å². The number of rotatable bonds is 5. The highest BCUT2D eigenvalue weighted by Gasteiger charge is 2.41. The highest BCUT2D eigenvalue weighted by Crippen LogP contribution is 2.36. The molecule has 2 aromatic carbocycles. The van der Waals surface area contributed by atoms with E-state index in [9.17, 15) is 9.59 Å². The molecule has 0 unspecified atom stereocenters. The van der Waals surface area contributed by atoms with Crippen molar-refractivity contribution in [2.45, 2.75) is 32.3 Å². The lowest BCUT2D eigenvalue weighted by atomic mass is 9.88. The van der Waals surface area contributed by atoms with Crippen LogP contribution in [0.1, 0.15) is 32.3 Å². The largest absolute Gasteiger partial charge is 0.454 e. The summed E-state index contributed by atoms with van der Waals surface area (Å²) in [6.07, 6.45) is 2.87. The average molecular weight is 460 g/mol. The Morgan fingerprint density at radius 2 is 1.71 bits per heavy atom. The molecule has 1 fully saturated rings. The summed E-state index contributed by atoms with van der Waals surface area (Å²) in [5.41, 5.74) is 0.954. The maximum absolute atomic E-state index is 13.5. The minimum Gasteiger partial charge on any atom is -0.454 e. The summed E-state index contributed by atoms with van der Waals surface area (Å²) >= 11 is 0. The maximum atomic E-state index is 13.5. The summed E-state index contributed by atoms with van der Waals surface area (Å²) in [6, 6.07) is 20.6. The highest BCUT2D eigenvalue weighted by molar-refractivity contribution is 5.95. The first-order valence-electron chi connectivity index (χ1n) is 11.3. The zero-order chi connectivity index (χ0) is 24.1. The predicted molar refractivity (Wildman–Crippen MR) is 130 cm³/mol. The number of carbonyl (C=O) groups is 2. The first-order valence-corrected chi connectivity index (χ1v) is 11.3. The van der Waals surface area contributed by atoms with E-state index in [4.69, 9.17) is 9.47 Å². The smallest absolute Gasteiger partial charge is 0.410 e. The molecule has 0 saturated carbocycles. The number of hydrogen-bond donors (Lipinski definition) is 1. The molecule has 0 bridgehead atoms. The molecule has 2 atom stereocenters. The predicted octanol–water partition coefficient (Wildman–Crippen LogP) is 5.46. The first kappa shape index (κ1) is 23.3. The molecular weight excluding hydrogens is 430 g/mol. The quantitative estimate of drug-likeness (QED) is 0.548. The van der Waals surface area contributed by atoms with E-state index in [-0.39, 0.29) is 18.4 Å². The van der Waals surface area contributed by atoms with Crippen LogP contribution >= 0.6 is 0 Å². The van der Waals surface area contributed by atoms with E-state index in [0.717, 1.165) is 5.56 Å². The number of pyridine rings is 1. The Labute approximate surface area is 199 Å². The van der Waals surface area contributed by atoms with E-state index in [1.165, 1.54) is 0 Å². The molecule has 7 heteroatoms. The van der Waals surface area contributed by atoms with Crippen LogP contribution < -0.4 is 10.1 Å². The third kappa shape index (κ3) is 5.73. The van der Waals surface area contributed by atoms with Gasteiger partial charge < -0.3 is 19.7 Å². The molecule has 2 heterocycles. The molecular formula is C27H29N3O4. The molecule has 7 nitrogen and oxygen atoms in total. The van der Waals surface area contributed by atoms with Crippen molar-refractivity contribution in [1.29, 1.82) is 0 Å². The van der Waals surface area contributed by atoms with Gasteiger partial charge in [-0.15, -0.1) is 0 Å². The standard InChI is InChI=1S/C27H29N3O4/c1-27(2,3)34-26(32)30-17-21(19-10-5-4-6-11-19)22(18-30)25(31)29-23-13-7-8-14-24(23)33-20-12-9-15-28-16-20/h4-16,21-22H,17-18H2,1-3H3,(H,29,31)/t21-,22+/m0/s1. The van der Waals surface area contributed by atoms with Gasteiger partial charge in [0.05, 0.1) is 17.8 Å². The van der Waals surface area contributed by atoms with Gasteiger partial charge in [-0.3, -0.25) is 9.78 Å². The van der Waals surface area contributed by atoms with Gasteiger partial charge in [-0.05, 0) is 50.6 Å². The lowest BCUT2D eigenvalue weighted by molar-refractivity contribution is -0.119. The molecule has 0 spiro atoms. The van der Waals surface area contributed by atoms with Gasteiger partial charge in [0.1, 0.15) is 11.4 Å². The molecule has 0 aliphatic carbocycles. The number of aromatic nitrogens is 1. The van der Waals surface area contributed by atoms with Gasteiger partial charge >= 0.3 is 6.09 Å². The molecule has 1 aromatic heterocycles. The Balaban J connectivity index is 1.55. The Kier molecular flexibility index (Phi) is 6.82. The fourth-order valence-electron chi connectivity index (χ4n) is 4.00. The normalized spacial score (nSPS) is 17.8. The zero-order valence-electron chi connectivity index (χ0n) is 19.6. The van der Waals surface area contributed by atoms with E-state index in [0.29, 0.717) is 23.7 Å². The van der Waals surface area contributed by atoms with Crippen LogP contribution in [-0.4, -0.2) is 40.6 Å². The van der Waals surface area contributed by atoms with Crippen molar-refractivity contribution in [3.05, 3.63) is 84.7 Å². The molecule has 176 valence electrons. The average Bonchev–Trinajstić information content (AvgIpc) is 3.27. The van der Waals surface area contributed by atoms with Gasteiger partial charge in [0.25, 0.3) is 0 Å². The fraction of sp³-hybridized carbons (Fsp3) is 0.296. The molecule has 2 amide bonds. The van der Waals surface area contributed by atoms with Gasteiger partial charge in [-0.1, -0.05) is 42.5 Å². The third-order valence-electron chi connectivity index (χ3n) is 5.54. The number of carbonyl (C=O) groups excluding carboxylic acids is 2. The number of nitrogens with zero attached hydrogens (tertiary/aromatic N) is 2. The molecule has 3 aromatic rings. The fourth-order valence-corrected chi connectivity index (χ4v) is 4.00. The Morgan fingerprint density at radius 3 is 2.41 bits per heavy atom. The van der Waals surface area contributed by atoms with Crippen molar-refractivity contribution in [1.82, 2.24) is 9.88 Å². The number of anilines is 1. The summed E-state index contributed by atoms with van der Waals surface area (Å²) in [7, 11) is 0. The number of nitrogens with one attached hydrogen (secondary N) is 1. The van der Waals surface area contributed by atoms with Gasteiger partial charge in [0, 0.05) is 25.2 Å². The maximum Gasteiger partial charge on any atom is 0.410 e. The van der Waals surface area contributed by atoms with Gasteiger partial charge in [-0.25, -0.2) is 4.79 Å².